The summed E-state index contributed by atoms with van der Waals surface area (Å²) in [5.41, 5.74) is 5.22. The highest BCUT2D eigenvalue weighted by Crippen LogP contribution is 2.30. The highest BCUT2D eigenvalue weighted by atomic mass is 79.9. The zero-order chi connectivity index (χ0) is 22.7. The van der Waals surface area contributed by atoms with Crippen molar-refractivity contribution in [3.8, 4) is 23.2 Å². The number of fused-ring (bicyclic) bond motifs is 1. The molecule has 0 amide bonds. The van der Waals surface area contributed by atoms with Crippen LogP contribution >= 0.6 is 15.9 Å². The molecule has 0 unspecified atom stereocenters. The van der Waals surface area contributed by atoms with Gasteiger partial charge in [0.25, 0.3) is 6.01 Å². The average Bonchev–Trinajstić information content (AvgIpc) is 3.35. The smallest absolute Gasteiger partial charge is 0.340 e. The standard InChI is InChI=1S/C24H21BrN4O3/c1-3-31-23(30)18-6-5-7-20-21(18)29(24(28-20)32-4-2)14-15-8-10-16(11-9-15)19-12-17(13-26)27-22(19)25/h5-12,27H,3-4,14H2,1-2H3. The van der Waals surface area contributed by atoms with Gasteiger partial charge in [0.05, 0.1) is 41.0 Å². The lowest BCUT2D eigenvalue weighted by atomic mass is 10.1. The minimum absolute atomic E-state index is 0.297. The number of hydrogen-bond donors (Lipinski definition) is 1. The van der Waals surface area contributed by atoms with Gasteiger partial charge in [-0.3, -0.25) is 4.57 Å². The molecule has 0 bridgehead atoms. The van der Waals surface area contributed by atoms with Crippen LogP contribution in [-0.2, 0) is 11.3 Å². The summed E-state index contributed by atoms with van der Waals surface area (Å²) in [6.07, 6.45) is 0. The van der Waals surface area contributed by atoms with Gasteiger partial charge in [0.2, 0.25) is 0 Å². The molecule has 2 aromatic heterocycles. The Hall–Kier alpha value is -3.57. The predicted octanol–water partition coefficient (Wildman–Crippen LogP) is 5.29. The van der Waals surface area contributed by atoms with Crippen LogP contribution in [0.1, 0.15) is 35.5 Å². The molecule has 0 radical (unpaired) electrons. The van der Waals surface area contributed by atoms with E-state index in [1.54, 1.807) is 25.1 Å². The van der Waals surface area contributed by atoms with E-state index in [0.717, 1.165) is 21.3 Å². The molecule has 0 fully saturated rings. The highest BCUT2D eigenvalue weighted by molar-refractivity contribution is 9.10. The topological polar surface area (TPSA) is 92.9 Å². The van der Waals surface area contributed by atoms with Gasteiger partial charge in [0.15, 0.2) is 0 Å². The van der Waals surface area contributed by atoms with Gasteiger partial charge >= 0.3 is 5.97 Å². The lowest BCUT2D eigenvalue weighted by Gasteiger charge is -2.12. The molecule has 162 valence electrons. The third-order valence-electron chi connectivity index (χ3n) is 5.00. The van der Waals surface area contributed by atoms with Crippen LogP contribution in [0.4, 0.5) is 0 Å². The summed E-state index contributed by atoms with van der Waals surface area (Å²) in [7, 11) is 0. The second kappa shape index (κ2) is 9.28. The number of halogens is 1. The quantitative estimate of drug-likeness (QED) is 0.353. The van der Waals surface area contributed by atoms with Crippen molar-refractivity contribution in [1.82, 2.24) is 14.5 Å². The molecular weight excluding hydrogens is 472 g/mol. The number of nitrogens with one attached hydrogen (secondary N) is 1. The number of esters is 1. The Labute approximate surface area is 193 Å². The molecule has 4 rings (SSSR count). The number of aromatic nitrogens is 3. The van der Waals surface area contributed by atoms with Crippen molar-refractivity contribution in [2.75, 3.05) is 13.2 Å². The van der Waals surface area contributed by atoms with E-state index in [1.807, 2.05) is 41.8 Å². The number of benzene rings is 2. The van der Waals surface area contributed by atoms with Gasteiger partial charge in [-0.25, -0.2) is 4.79 Å². The van der Waals surface area contributed by atoms with Gasteiger partial charge in [-0.1, -0.05) is 30.3 Å². The Kier molecular flexibility index (Phi) is 6.28. The molecular formula is C24H21BrN4O3. The van der Waals surface area contributed by atoms with Crippen LogP contribution < -0.4 is 4.74 Å². The fraction of sp³-hybridized carbons (Fsp3) is 0.208. The van der Waals surface area contributed by atoms with E-state index in [0.29, 0.717) is 48.1 Å². The second-order valence-corrected chi connectivity index (χ2v) is 7.82. The fourth-order valence-corrected chi connectivity index (χ4v) is 4.15. The van der Waals surface area contributed by atoms with Crippen LogP contribution in [0, 0.1) is 11.3 Å². The molecule has 0 spiro atoms. The van der Waals surface area contributed by atoms with Crippen molar-refractivity contribution in [1.29, 1.82) is 5.26 Å². The van der Waals surface area contributed by atoms with Crippen LogP contribution in [0.5, 0.6) is 6.01 Å². The predicted molar refractivity (Wildman–Crippen MR) is 125 cm³/mol. The Bertz CT molecular complexity index is 1320. The van der Waals surface area contributed by atoms with E-state index in [2.05, 4.69) is 32.0 Å². The molecule has 8 heteroatoms. The summed E-state index contributed by atoms with van der Waals surface area (Å²) in [5, 5.41) is 9.11. The third-order valence-corrected chi connectivity index (χ3v) is 5.62. The Balaban J connectivity index is 1.73. The number of para-hydroxylation sites is 1. The number of hydrogen-bond acceptors (Lipinski definition) is 5. The van der Waals surface area contributed by atoms with E-state index in [1.165, 1.54) is 0 Å². The molecule has 0 atom stereocenters. The lowest BCUT2D eigenvalue weighted by molar-refractivity contribution is 0.0528. The first-order valence-electron chi connectivity index (χ1n) is 10.2. The zero-order valence-electron chi connectivity index (χ0n) is 17.7. The number of ether oxygens (including phenoxy) is 2. The van der Waals surface area contributed by atoms with Gasteiger partial charge in [0, 0.05) is 5.56 Å². The number of nitriles is 1. The first kappa shape index (κ1) is 21.7. The van der Waals surface area contributed by atoms with E-state index in [4.69, 9.17) is 14.7 Å². The van der Waals surface area contributed by atoms with Crippen molar-refractivity contribution in [2.24, 2.45) is 0 Å². The van der Waals surface area contributed by atoms with E-state index < -0.39 is 0 Å². The first-order valence-corrected chi connectivity index (χ1v) is 11.0. The van der Waals surface area contributed by atoms with Crippen molar-refractivity contribution in [3.63, 3.8) is 0 Å². The average molecular weight is 493 g/mol. The van der Waals surface area contributed by atoms with Gasteiger partial charge in [0.1, 0.15) is 11.8 Å². The Morgan fingerprint density at radius 3 is 2.62 bits per heavy atom. The van der Waals surface area contributed by atoms with Crippen molar-refractivity contribution < 1.29 is 14.3 Å². The number of carbonyl (C=O) groups excluding carboxylic acids is 1. The van der Waals surface area contributed by atoms with Gasteiger partial charge < -0.3 is 14.5 Å². The van der Waals surface area contributed by atoms with Crippen LogP contribution in [-0.4, -0.2) is 33.7 Å². The summed E-state index contributed by atoms with van der Waals surface area (Å²) in [4.78, 5) is 20.1. The summed E-state index contributed by atoms with van der Waals surface area (Å²) in [6.45, 7) is 4.91. The fourth-order valence-electron chi connectivity index (χ4n) is 3.60. The number of imidazole rings is 1. The van der Waals surface area contributed by atoms with E-state index in [9.17, 15) is 4.79 Å². The summed E-state index contributed by atoms with van der Waals surface area (Å²) in [5.74, 6) is -0.386. The monoisotopic (exact) mass is 492 g/mol. The van der Waals surface area contributed by atoms with Crippen LogP contribution in [0.15, 0.2) is 53.1 Å². The Morgan fingerprint density at radius 1 is 1.19 bits per heavy atom. The number of H-pyrrole nitrogens is 1. The molecule has 0 saturated carbocycles. The minimum Gasteiger partial charge on any atom is -0.465 e. The maximum absolute atomic E-state index is 12.6. The highest BCUT2D eigenvalue weighted by Gasteiger charge is 2.20. The van der Waals surface area contributed by atoms with Gasteiger partial charge in [-0.05, 0) is 59.1 Å². The molecule has 32 heavy (non-hydrogen) atoms. The minimum atomic E-state index is -0.386. The van der Waals surface area contributed by atoms with E-state index in [-0.39, 0.29) is 5.97 Å². The maximum atomic E-state index is 12.6. The van der Waals surface area contributed by atoms with Crippen molar-refractivity contribution in [2.45, 2.75) is 20.4 Å². The zero-order valence-corrected chi connectivity index (χ0v) is 19.3. The number of nitrogens with zero attached hydrogens (tertiary/aromatic N) is 3. The molecule has 1 N–H and O–H groups in total. The Morgan fingerprint density at radius 2 is 1.97 bits per heavy atom. The van der Waals surface area contributed by atoms with Crippen LogP contribution in [0.3, 0.4) is 0 Å². The third kappa shape index (κ3) is 4.12. The molecule has 0 aliphatic rings. The molecule has 7 nitrogen and oxygen atoms in total. The maximum Gasteiger partial charge on any atom is 0.340 e. The van der Waals surface area contributed by atoms with Crippen LogP contribution in [0.25, 0.3) is 22.2 Å². The molecule has 2 heterocycles. The van der Waals surface area contributed by atoms with Crippen molar-refractivity contribution >= 4 is 32.9 Å². The second-order valence-electron chi connectivity index (χ2n) is 7.03. The van der Waals surface area contributed by atoms with Gasteiger partial charge in [-0.15, -0.1) is 0 Å². The summed E-state index contributed by atoms with van der Waals surface area (Å²) in [6, 6.07) is 17.8. The van der Waals surface area contributed by atoms with E-state index >= 15 is 0 Å². The van der Waals surface area contributed by atoms with Gasteiger partial charge in [-0.2, -0.15) is 10.2 Å². The molecule has 0 aliphatic carbocycles. The van der Waals surface area contributed by atoms with Crippen LogP contribution in [0.2, 0.25) is 0 Å². The molecule has 4 aromatic rings. The number of aromatic amines is 1. The molecule has 2 aromatic carbocycles. The first-order chi connectivity index (χ1) is 15.5. The molecule has 0 aliphatic heterocycles. The summed E-state index contributed by atoms with van der Waals surface area (Å²) >= 11 is 3.47. The summed E-state index contributed by atoms with van der Waals surface area (Å²) < 4.78 is 13.7. The number of rotatable bonds is 7. The SMILES string of the molecule is CCOC(=O)c1cccc2nc(OCC)n(Cc3ccc(-c4cc(C#N)[nH]c4Br)cc3)c12. The number of carbonyl (C=O) groups is 1. The largest absolute Gasteiger partial charge is 0.465 e. The molecule has 0 saturated heterocycles. The van der Waals surface area contributed by atoms with Crippen molar-refractivity contribution in [3.05, 3.63) is 70.0 Å². The normalized spacial score (nSPS) is 10.8. The lowest BCUT2D eigenvalue weighted by Crippen LogP contribution is -2.10.